The summed E-state index contributed by atoms with van der Waals surface area (Å²) in [6.45, 7) is 4.40. The topological polar surface area (TPSA) is 85.4 Å². The molecule has 0 spiro atoms. The van der Waals surface area contributed by atoms with E-state index >= 15 is 0 Å². The predicted octanol–water partition coefficient (Wildman–Crippen LogP) is 3.98. The third kappa shape index (κ3) is 5.22. The Balaban J connectivity index is 1.76. The van der Waals surface area contributed by atoms with Crippen molar-refractivity contribution in [3.8, 4) is 11.5 Å². The van der Waals surface area contributed by atoms with Crippen molar-refractivity contribution in [2.24, 2.45) is 0 Å². The number of benzene rings is 2. The van der Waals surface area contributed by atoms with Crippen molar-refractivity contribution in [2.75, 3.05) is 24.9 Å². The molecule has 0 aliphatic carbocycles. The molecule has 0 saturated carbocycles. The van der Waals surface area contributed by atoms with E-state index in [2.05, 4.69) is 44.9 Å². The van der Waals surface area contributed by atoms with Gasteiger partial charge in [0, 0.05) is 18.7 Å². The summed E-state index contributed by atoms with van der Waals surface area (Å²) in [6.07, 6.45) is 0. The Bertz CT molecular complexity index is 1000. The minimum atomic E-state index is -0.361. The zero-order valence-electron chi connectivity index (χ0n) is 16.9. The number of amides is 1. The smallest absolute Gasteiger partial charge is 0.274 e. The van der Waals surface area contributed by atoms with E-state index in [-0.39, 0.29) is 11.6 Å². The molecule has 0 aliphatic rings. The maximum Gasteiger partial charge on any atom is 0.274 e. The van der Waals surface area contributed by atoms with Crippen LogP contribution in [0.3, 0.4) is 0 Å². The standard InChI is InChI=1S/C22H24N4O3/c1-14-5-7-16(8-6-14)13-23-21-12-19(24-15(2)25-21)22(27)26-18-11-17(28-3)9-10-20(18)29-4/h5-12H,13H2,1-4H3,(H,26,27)(H,23,24,25). The molecule has 0 aliphatic heterocycles. The van der Waals surface area contributed by atoms with Gasteiger partial charge in [0.1, 0.15) is 28.8 Å². The minimum Gasteiger partial charge on any atom is -0.497 e. The SMILES string of the molecule is COc1ccc(OC)c(NC(=O)c2cc(NCc3ccc(C)cc3)nc(C)n2)c1. The largest absolute Gasteiger partial charge is 0.497 e. The normalized spacial score (nSPS) is 10.3. The van der Waals surface area contributed by atoms with Crippen LogP contribution in [0, 0.1) is 13.8 Å². The van der Waals surface area contributed by atoms with Crippen LogP contribution in [0.5, 0.6) is 11.5 Å². The predicted molar refractivity (Wildman–Crippen MR) is 113 cm³/mol. The van der Waals surface area contributed by atoms with E-state index in [1.165, 1.54) is 5.56 Å². The number of ether oxygens (including phenoxy) is 2. The van der Waals surface area contributed by atoms with Gasteiger partial charge in [-0.15, -0.1) is 0 Å². The van der Waals surface area contributed by atoms with Crippen LogP contribution in [0.4, 0.5) is 11.5 Å². The third-order valence-corrected chi connectivity index (χ3v) is 4.32. The molecule has 29 heavy (non-hydrogen) atoms. The maximum atomic E-state index is 12.8. The number of methoxy groups -OCH3 is 2. The zero-order valence-corrected chi connectivity index (χ0v) is 16.9. The van der Waals surface area contributed by atoms with Crippen LogP contribution in [0.2, 0.25) is 0 Å². The Morgan fingerprint density at radius 3 is 2.41 bits per heavy atom. The first-order valence-electron chi connectivity index (χ1n) is 9.17. The molecule has 7 heteroatoms. The number of nitrogens with one attached hydrogen (secondary N) is 2. The molecular formula is C22H24N4O3. The number of aromatic nitrogens is 2. The quantitative estimate of drug-likeness (QED) is 0.633. The van der Waals surface area contributed by atoms with Gasteiger partial charge in [0.25, 0.3) is 5.91 Å². The Morgan fingerprint density at radius 1 is 0.966 bits per heavy atom. The molecule has 0 atom stereocenters. The highest BCUT2D eigenvalue weighted by molar-refractivity contribution is 6.04. The first-order chi connectivity index (χ1) is 14.0. The van der Waals surface area contributed by atoms with Crippen molar-refractivity contribution >= 4 is 17.4 Å². The molecule has 1 amide bonds. The van der Waals surface area contributed by atoms with Gasteiger partial charge in [-0.3, -0.25) is 4.79 Å². The summed E-state index contributed by atoms with van der Waals surface area (Å²) in [7, 11) is 3.10. The molecule has 0 fully saturated rings. The number of hydrogen-bond acceptors (Lipinski definition) is 6. The van der Waals surface area contributed by atoms with Crippen LogP contribution in [-0.2, 0) is 6.54 Å². The molecule has 0 bridgehead atoms. The van der Waals surface area contributed by atoms with Crippen molar-refractivity contribution in [1.82, 2.24) is 9.97 Å². The lowest BCUT2D eigenvalue weighted by molar-refractivity contribution is 0.102. The highest BCUT2D eigenvalue weighted by Gasteiger charge is 2.14. The third-order valence-electron chi connectivity index (χ3n) is 4.32. The summed E-state index contributed by atoms with van der Waals surface area (Å²) in [5.41, 5.74) is 3.09. The van der Waals surface area contributed by atoms with Crippen LogP contribution in [-0.4, -0.2) is 30.1 Å². The highest BCUT2D eigenvalue weighted by atomic mass is 16.5. The first-order valence-corrected chi connectivity index (χ1v) is 9.17. The molecule has 3 rings (SSSR count). The second kappa shape index (κ2) is 9.05. The molecule has 0 unspecified atom stereocenters. The van der Waals surface area contributed by atoms with E-state index in [1.54, 1.807) is 45.4 Å². The summed E-state index contributed by atoms with van der Waals surface area (Å²) in [5, 5.41) is 6.07. The maximum absolute atomic E-state index is 12.8. The van der Waals surface area contributed by atoms with Crippen LogP contribution < -0.4 is 20.1 Å². The van der Waals surface area contributed by atoms with Crippen LogP contribution in [0.25, 0.3) is 0 Å². The van der Waals surface area contributed by atoms with E-state index in [0.29, 0.717) is 35.4 Å². The van der Waals surface area contributed by atoms with Crippen molar-refractivity contribution in [1.29, 1.82) is 0 Å². The molecule has 1 heterocycles. The zero-order chi connectivity index (χ0) is 20.8. The summed E-state index contributed by atoms with van der Waals surface area (Å²) >= 11 is 0. The molecule has 2 aromatic carbocycles. The fourth-order valence-corrected chi connectivity index (χ4v) is 2.77. The number of nitrogens with zero attached hydrogens (tertiary/aromatic N) is 2. The van der Waals surface area contributed by atoms with E-state index in [4.69, 9.17) is 9.47 Å². The molecule has 150 valence electrons. The van der Waals surface area contributed by atoms with Gasteiger partial charge in [-0.1, -0.05) is 29.8 Å². The van der Waals surface area contributed by atoms with Crippen molar-refractivity contribution in [3.63, 3.8) is 0 Å². The van der Waals surface area contributed by atoms with Crippen LogP contribution >= 0.6 is 0 Å². The summed E-state index contributed by atoms with van der Waals surface area (Å²) < 4.78 is 10.5. The number of carbonyl (C=O) groups excluding carboxylic acids is 1. The second-order valence-electron chi connectivity index (χ2n) is 6.55. The van der Waals surface area contributed by atoms with Gasteiger partial charge in [0.15, 0.2) is 0 Å². The fourth-order valence-electron chi connectivity index (χ4n) is 2.77. The van der Waals surface area contributed by atoms with Crippen molar-refractivity contribution in [3.05, 3.63) is 71.2 Å². The van der Waals surface area contributed by atoms with E-state index < -0.39 is 0 Å². The Hall–Kier alpha value is -3.61. The molecule has 2 N–H and O–H groups in total. The van der Waals surface area contributed by atoms with Crippen molar-refractivity contribution in [2.45, 2.75) is 20.4 Å². The Kier molecular flexibility index (Phi) is 6.29. The van der Waals surface area contributed by atoms with Gasteiger partial charge in [0.05, 0.1) is 19.9 Å². The van der Waals surface area contributed by atoms with Gasteiger partial charge in [-0.2, -0.15) is 0 Å². The number of aryl methyl sites for hydroxylation is 2. The van der Waals surface area contributed by atoms with Crippen molar-refractivity contribution < 1.29 is 14.3 Å². The van der Waals surface area contributed by atoms with E-state index in [0.717, 1.165) is 5.56 Å². The molecule has 7 nitrogen and oxygen atoms in total. The molecule has 0 radical (unpaired) electrons. The van der Waals surface area contributed by atoms with E-state index in [9.17, 15) is 4.79 Å². The molecule has 1 aromatic heterocycles. The molecular weight excluding hydrogens is 368 g/mol. The van der Waals surface area contributed by atoms with Gasteiger partial charge >= 0.3 is 0 Å². The Labute approximate surface area is 170 Å². The van der Waals surface area contributed by atoms with E-state index in [1.807, 2.05) is 6.92 Å². The number of carbonyl (C=O) groups is 1. The lowest BCUT2D eigenvalue weighted by Crippen LogP contribution is -2.16. The number of hydrogen-bond donors (Lipinski definition) is 2. The lowest BCUT2D eigenvalue weighted by Gasteiger charge is -2.12. The molecule has 3 aromatic rings. The minimum absolute atomic E-state index is 0.258. The summed E-state index contributed by atoms with van der Waals surface area (Å²) in [6, 6.07) is 15.0. The summed E-state index contributed by atoms with van der Waals surface area (Å²) in [4.78, 5) is 21.4. The monoisotopic (exact) mass is 392 g/mol. The molecule has 0 saturated heterocycles. The van der Waals surface area contributed by atoms with Gasteiger partial charge in [0.2, 0.25) is 0 Å². The average Bonchev–Trinajstić information content (AvgIpc) is 2.73. The van der Waals surface area contributed by atoms with Gasteiger partial charge in [-0.25, -0.2) is 9.97 Å². The van der Waals surface area contributed by atoms with Gasteiger partial charge < -0.3 is 20.1 Å². The number of rotatable bonds is 7. The summed E-state index contributed by atoms with van der Waals surface area (Å²) in [5.74, 6) is 1.87. The van der Waals surface area contributed by atoms with Gasteiger partial charge in [-0.05, 0) is 31.5 Å². The first kappa shape index (κ1) is 20.1. The van der Waals surface area contributed by atoms with Crippen LogP contribution in [0.1, 0.15) is 27.4 Å². The average molecular weight is 392 g/mol. The Morgan fingerprint density at radius 2 is 1.72 bits per heavy atom. The highest BCUT2D eigenvalue weighted by Crippen LogP contribution is 2.29. The number of anilines is 2. The lowest BCUT2D eigenvalue weighted by atomic mass is 10.1. The second-order valence-corrected chi connectivity index (χ2v) is 6.55. The van der Waals surface area contributed by atoms with Crippen LogP contribution in [0.15, 0.2) is 48.5 Å². The fraction of sp³-hybridized carbons (Fsp3) is 0.227.